The second-order valence-corrected chi connectivity index (χ2v) is 7.27. The van der Waals surface area contributed by atoms with E-state index >= 15 is 0 Å². The molecule has 2 aromatic rings. The Hall–Kier alpha value is -2.14. The van der Waals surface area contributed by atoms with Gasteiger partial charge >= 0.3 is 0 Å². The van der Waals surface area contributed by atoms with Crippen LogP contribution in [-0.2, 0) is 24.8 Å². The summed E-state index contributed by atoms with van der Waals surface area (Å²) in [7, 11) is 1.95. The average Bonchev–Trinajstić information content (AvgIpc) is 3.15. The van der Waals surface area contributed by atoms with Crippen LogP contribution in [0.3, 0.4) is 0 Å². The van der Waals surface area contributed by atoms with Crippen LogP contribution in [0.1, 0.15) is 35.4 Å². The third-order valence-corrected chi connectivity index (χ3v) is 5.50. The van der Waals surface area contributed by atoms with Crippen molar-refractivity contribution in [2.75, 3.05) is 26.2 Å². The molecule has 0 bridgehead atoms. The molecule has 1 aliphatic heterocycles. The summed E-state index contributed by atoms with van der Waals surface area (Å²) in [6.07, 6.45) is 7.05. The van der Waals surface area contributed by atoms with Gasteiger partial charge in [-0.1, -0.05) is 24.3 Å². The zero-order chi connectivity index (χ0) is 17.2. The molecule has 0 spiro atoms. The number of fused-ring (bicyclic) bond motifs is 1. The largest absolute Gasteiger partial charge is 0.341 e. The molecule has 5 nitrogen and oxygen atoms in total. The molecule has 1 aliphatic carbocycles. The van der Waals surface area contributed by atoms with E-state index in [0.717, 1.165) is 52.0 Å². The molecule has 0 N–H and O–H groups in total. The summed E-state index contributed by atoms with van der Waals surface area (Å²) in [5, 5.41) is 4.25. The van der Waals surface area contributed by atoms with E-state index in [9.17, 15) is 4.79 Å². The van der Waals surface area contributed by atoms with Gasteiger partial charge in [-0.15, -0.1) is 0 Å². The standard InChI is InChI=1S/C20H26N4O/c1-22-14-16(13-21-22)15-23-9-4-10-24(12-11-23)20(25)19-8-7-17-5-2-3-6-18(17)19/h2-3,5-6,13-14,19H,4,7-12,15H2,1H3/t19-/m0/s1. The number of rotatable bonds is 3. The molecule has 2 heterocycles. The monoisotopic (exact) mass is 338 g/mol. The maximum Gasteiger partial charge on any atom is 0.230 e. The molecule has 0 unspecified atom stereocenters. The van der Waals surface area contributed by atoms with Crippen molar-refractivity contribution in [1.82, 2.24) is 19.6 Å². The van der Waals surface area contributed by atoms with Gasteiger partial charge in [0.25, 0.3) is 0 Å². The smallest absolute Gasteiger partial charge is 0.230 e. The van der Waals surface area contributed by atoms with Gasteiger partial charge in [-0.25, -0.2) is 0 Å². The summed E-state index contributed by atoms with van der Waals surface area (Å²) in [6.45, 7) is 4.61. The van der Waals surface area contributed by atoms with Crippen molar-refractivity contribution in [3.63, 3.8) is 0 Å². The molecule has 2 aliphatic rings. The maximum atomic E-state index is 13.1. The van der Waals surface area contributed by atoms with Crippen LogP contribution < -0.4 is 0 Å². The average molecular weight is 338 g/mol. The van der Waals surface area contributed by atoms with Crippen molar-refractivity contribution in [2.24, 2.45) is 7.05 Å². The molecule has 1 amide bonds. The first-order chi connectivity index (χ1) is 12.2. The van der Waals surface area contributed by atoms with Gasteiger partial charge in [0.05, 0.1) is 12.1 Å². The second kappa shape index (κ2) is 7.00. The number of hydrogen-bond donors (Lipinski definition) is 0. The van der Waals surface area contributed by atoms with Crippen molar-refractivity contribution < 1.29 is 4.79 Å². The van der Waals surface area contributed by atoms with Gasteiger partial charge in [0.2, 0.25) is 5.91 Å². The molecular formula is C20H26N4O. The predicted molar refractivity (Wildman–Crippen MR) is 97.2 cm³/mol. The number of carbonyl (C=O) groups excluding carboxylic acids is 1. The summed E-state index contributed by atoms with van der Waals surface area (Å²) in [5.74, 6) is 0.397. The van der Waals surface area contributed by atoms with E-state index in [0.29, 0.717) is 5.91 Å². The Balaban J connectivity index is 1.38. The first kappa shape index (κ1) is 16.3. The van der Waals surface area contributed by atoms with E-state index < -0.39 is 0 Å². The Morgan fingerprint density at radius 1 is 1.20 bits per heavy atom. The Morgan fingerprint density at radius 2 is 2.08 bits per heavy atom. The highest BCUT2D eigenvalue weighted by atomic mass is 16.2. The van der Waals surface area contributed by atoms with E-state index in [1.165, 1.54) is 16.7 Å². The number of carbonyl (C=O) groups is 1. The van der Waals surface area contributed by atoms with Gasteiger partial charge in [-0.3, -0.25) is 14.4 Å². The molecule has 1 aromatic heterocycles. The van der Waals surface area contributed by atoms with Crippen LogP contribution in [0.2, 0.25) is 0 Å². The summed E-state index contributed by atoms with van der Waals surface area (Å²) >= 11 is 0. The van der Waals surface area contributed by atoms with Crippen LogP contribution in [0.15, 0.2) is 36.7 Å². The molecule has 1 saturated heterocycles. The predicted octanol–water partition coefficient (Wildman–Crippen LogP) is 2.18. The first-order valence-electron chi connectivity index (χ1n) is 9.27. The highest BCUT2D eigenvalue weighted by Gasteiger charge is 2.32. The Labute approximate surface area is 149 Å². The van der Waals surface area contributed by atoms with Crippen molar-refractivity contribution in [3.05, 3.63) is 53.3 Å². The van der Waals surface area contributed by atoms with Crippen LogP contribution in [-0.4, -0.2) is 51.7 Å². The van der Waals surface area contributed by atoms with Gasteiger partial charge < -0.3 is 4.90 Å². The Bertz CT molecular complexity index is 754. The summed E-state index contributed by atoms with van der Waals surface area (Å²) in [4.78, 5) is 17.6. The number of benzene rings is 1. The lowest BCUT2D eigenvalue weighted by Crippen LogP contribution is -2.37. The van der Waals surface area contributed by atoms with Crippen LogP contribution in [0.5, 0.6) is 0 Å². The van der Waals surface area contributed by atoms with Gasteiger partial charge in [-0.2, -0.15) is 5.10 Å². The molecule has 0 radical (unpaired) electrons. The van der Waals surface area contributed by atoms with E-state index in [1.807, 2.05) is 17.9 Å². The van der Waals surface area contributed by atoms with Crippen LogP contribution in [0.4, 0.5) is 0 Å². The fraction of sp³-hybridized carbons (Fsp3) is 0.500. The lowest BCUT2D eigenvalue weighted by molar-refractivity contribution is -0.132. The number of aryl methyl sites for hydroxylation is 2. The van der Waals surface area contributed by atoms with E-state index in [1.54, 1.807) is 0 Å². The van der Waals surface area contributed by atoms with Crippen molar-refractivity contribution in [1.29, 1.82) is 0 Å². The summed E-state index contributed by atoms with van der Waals surface area (Å²) in [6, 6.07) is 8.44. The minimum atomic E-state index is 0.0704. The molecule has 0 saturated carbocycles. The Kier molecular flexibility index (Phi) is 4.57. The number of aromatic nitrogens is 2. The van der Waals surface area contributed by atoms with Crippen molar-refractivity contribution in [3.8, 4) is 0 Å². The quantitative estimate of drug-likeness (QED) is 0.861. The molecule has 1 fully saturated rings. The van der Waals surface area contributed by atoms with E-state index in [-0.39, 0.29) is 5.92 Å². The number of hydrogen-bond acceptors (Lipinski definition) is 3. The molecule has 132 valence electrons. The lowest BCUT2D eigenvalue weighted by atomic mass is 10.00. The minimum absolute atomic E-state index is 0.0704. The van der Waals surface area contributed by atoms with Crippen LogP contribution >= 0.6 is 0 Å². The molecular weight excluding hydrogens is 312 g/mol. The highest BCUT2D eigenvalue weighted by molar-refractivity contribution is 5.85. The zero-order valence-electron chi connectivity index (χ0n) is 14.9. The van der Waals surface area contributed by atoms with Crippen molar-refractivity contribution >= 4 is 5.91 Å². The van der Waals surface area contributed by atoms with Gasteiger partial charge in [0.15, 0.2) is 0 Å². The fourth-order valence-corrected chi connectivity index (χ4v) is 4.20. The highest BCUT2D eigenvalue weighted by Crippen LogP contribution is 2.34. The third-order valence-electron chi connectivity index (χ3n) is 5.50. The molecule has 4 rings (SSSR count). The summed E-state index contributed by atoms with van der Waals surface area (Å²) in [5.41, 5.74) is 3.85. The maximum absolute atomic E-state index is 13.1. The molecule has 25 heavy (non-hydrogen) atoms. The topological polar surface area (TPSA) is 41.4 Å². The van der Waals surface area contributed by atoms with Crippen LogP contribution in [0, 0.1) is 0 Å². The minimum Gasteiger partial charge on any atom is -0.341 e. The van der Waals surface area contributed by atoms with E-state index in [2.05, 4.69) is 45.4 Å². The van der Waals surface area contributed by atoms with Gasteiger partial charge in [0.1, 0.15) is 0 Å². The normalized spacial score (nSPS) is 21.2. The van der Waals surface area contributed by atoms with Gasteiger partial charge in [-0.05, 0) is 30.4 Å². The SMILES string of the molecule is Cn1cc(CN2CCCN(C(=O)[C@H]3CCc4ccccc43)CC2)cn1. The number of amides is 1. The fourth-order valence-electron chi connectivity index (χ4n) is 4.20. The zero-order valence-corrected chi connectivity index (χ0v) is 14.9. The van der Waals surface area contributed by atoms with E-state index in [4.69, 9.17) is 0 Å². The second-order valence-electron chi connectivity index (χ2n) is 7.27. The lowest BCUT2D eigenvalue weighted by Gasteiger charge is -2.25. The molecule has 5 heteroatoms. The van der Waals surface area contributed by atoms with Crippen LogP contribution in [0.25, 0.3) is 0 Å². The van der Waals surface area contributed by atoms with Crippen molar-refractivity contribution in [2.45, 2.75) is 31.7 Å². The third kappa shape index (κ3) is 3.47. The molecule has 1 aromatic carbocycles. The molecule has 1 atom stereocenters. The number of nitrogens with zero attached hydrogens (tertiary/aromatic N) is 4. The van der Waals surface area contributed by atoms with Gasteiger partial charge in [0, 0.05) is 51.5 Å². The summed E-state index contributed by atoms with van der Waals surface area (Å²) < 4.78 is 1.85. The Morgan fingerprint density at radius 3 is 2.92 bits per heavy atom. The first-order valence-corrected chi connectivity index (χ1v) is 9.27.